The van der Waals surface area contributed by atoms with Gasteiger partial charge in [-0.3, -0.25) is 9.69 Å². The lowest BCUT2D eigenvalue weighted by Crippen LogP contribution is -2.44. The third kappa shape index (κ3) is 8.54. The molecule has 12 nitrogen and oxygen atoms in total. The number of carbonyl (C=O) groups is 4. The van der Waals surface area contributed by atoms with Crippen molar-refractivity contribution < 1.29 is 34.1 Å². The van der Waals surface area contributed by atoms with E-state index in [0.717, 1.165) is 56.8 Å². The first-order valence-electron chi connectivity index (χ1n) is 12.3. The molecule has 2 N–H and O–H groups in total. The molecular weight excluding hydrogens is 518 g/mol. The Bertz CT molecular complexity index is 1090. The number of benzene rings is 1. The van der Waals surface area contributed by atoms with Crippen LogP contribution in [0, 0.1) is 0 Å². The molecule has 38 heavy (non-hydrogen) atoms. The maximum Gasteiger partial charge on any atom is 0.347 e. The van der Waals surface area contributed by atoms with Crippen LogP contribution in [0.4, 0.5) is 4.79 Å². The molecule has 3 heterocycles. The smallest absolute Gasteiger partial charge is 0.347 e. The molecule has 0 atom stereocenters. The Balaban J connectivity index is 0.000000436. The number of carboxylic acid groups (broad SMARTS) is 2. The molecule has 0 aliphatic carbocycles. The lowest BCUT2D eigenvalue weighted by Gasteiger charge is -2.32. The molecule has 3 aliphatic heterocycles. The number of unbranched alkanes of at least 4 members (excludes halogenated alkanes) is 1. The first-order chi connectivity index (χ1) is 18.1. The fourth-order valence-electron chi connectivity index (χ4n) is 4.14. The van der Waals surface area contributed by atoms with Gasteiger partial charge < -0.3 is 24.7 Å². The third-order valence-corrected chi connectivity index (χ3v) is 6.44. The minimum Gasteiger partial charge on any atom is -0.492 e. The van der Waals surface area contributed by atoms with Gasteiger partial charge in [-0.25, -0.2) is 19.4 Å². The number of urea groups is 1. The van der Waals surface area contributed by atoms with Crippen molar-refractivity contribution in [1.29, 1.82) is 0 Å². The van der Waals surface area contributed by atoms with E-state index in [0.29, 0.717) is 42.5 Å². The van der Waals surface area contributed by atoms with Gasteiger partial charge >= 0.3 is 18.0 Å². The summed E-state index contributed by atoms with van der Waals surface area (Å²) in [5.74, 6) is -2.04. The van der Waals surface area contributed by atoms with E-state index in [1.807, 2.05) is 6.07 Å². The van der Waals surface area contributed by atoms with Crippen molar-refractivity contribution in [3.05, 3.63) is 40.9 Å². The van der Waals surface area contributed by atoms with E-state index in [2.05, 4.69) is 21.9 Å². The highest BCUT2D eigenvalue weighted by Gasteiger charge is 2.36. The molecule has 1 aromatic rings. The van der Waals surface area contributed by atoms with Gasteiger partial charge in [0.1, 0.15) is 12.3 Å². The number of piperazine rings is 1. The van der Waals surface area contributed by atoms with Crippen molar-refractivity contribution in [2.75, 3.05) is 59.5 Å². The van der Waals surface area contributed by atoms with Crippen molar-refractivity contribution in [1.82, 2.24) is 19.7 Å². The Morgan fingerprint density at radius 2 is 1.71 bits per heavy atom. The van der Waals surface area contributed by atoms with Crippen LogP contribution in [0.5, 0.6) is 5.75 Å². The summed E-state index contributed by atoms with van der Waals surface area (Å²) in [7, 11) is 2.14. The number of carboxylic acids is 2. The molecule has 0 bridgehead atoms. The van der Waals surface area contributed by atoms with Crippen LogP contribution >= 0.6 is 11.6 Å². The standard InChI is InChI=1S/C21H28ClN5O3.C4H4O4/c1-24-9-11-25(12-10-24)7-2-3-8-26-20(28)15-27(21(26)29)23-18-6-13-30-19-14-16(22)4-5-17(18)19;5-3(6)1-2-4(7)8/h4-5,14H,2-3,6-13,15H2,1H3;1-2H,(H,5,6)(H,7,8)/b23-18+;2-1+. The number of ether oxygens (including phenoxy) is 1. The molecule has 0 aromatic heterocycles. The zero-order valence-electron chi connectivity index (χ0n) is 21.2. The summed E-state index contributed by atoms with van der Waals surface area (Å²) in [6.07, 6.45) is 3.48. The summed E-state index contributed by atoms with van der Waals surface area (Å²) in [5, 5.41) is 22.0. The van der Waals surface area contributed by atoms with Crippen molar-refractivity contribution in [2.45, 2.75) is 19.3 Å². The Morgan fingerprint density at radius 3 is 2.37 bits per heavy atom. The number of hydrogen-bond acceptors (Lipinski definition) is 8. The van der Waals surface area contributed by atoms with E-state index in [4.69, 9.17) is 26.6 Å². The van der Waals surface area contributed by atoms with Gasteiger partial charge in [-0.2, -0.15) is 5.10 Å². The van der Waals surface area contributed by atoms with E-state index >= 15 is 0 Å². The van der Waals surface area contributed by atoms with Crippen LogP contribution in [0.25, 0.3) is 0 Å². The Labute approximate surface area is 225 Å². The zero-order chi connectivity index (χ0) is 27.7. The van der Waals surface area contributed by atoms with Gasteiger partial charge in [-0.1, -0.05) is 11.6 Å². The highest BCUT2D eigenvalue weighted by molar-refractivity contribution is 6.31. The van der Waals surface area contributed by atoms with Crippen LogP contribution in [-0.4, -0.2) is 119 Å². The predicted octanol–water partition coefficient (Wildman–Crippen LogP) is 1.83. The van der Waals surface area contributed by atoms with Crippen molar-refractivity contribution in [2.24, 2.45) is 5.10 Å². The van der Waals surface area contributed by atoms with Crippen LogP contribution in [0.2, 0.25) is 5.02 Å². The quantitative estimate of drug-likeness (QED) is 0.282. The van der Waals surface area contributed by atoms with E-state index in [-0.39, 0.29) is 18.5 Å². The number of hydrazone groups is 1. The summed E-state index contributed by atoms with van der Waals surface area (Å²) in [4.78, 5) is 50.4. The van der Waals surface area contributed by atoms with Gasteiger partial charge in [0, 0.05) is 61.9 Å². The minimum atomic E-state index is -1.26. The number of halogens is 1. The fourth-order valence-corrected chi connectivity index (χ4v) is 4.30. The first-order valence-corrected chi connectivity index (χ1v) is 12.7. The molecule has 0 spiro atoms. The number of carbonyl (C=O) groups excluding carboxylic acids is 2. The van der Waals surface area contributed by atoms with Crippen LogP contribution in [0.1, 0.15) is 24.8 Å². The lowest BCUT2D eigenvalue weighted by molar-refractivity contribution is -0.134. The van der Waals surface area contributed by atoms with E-state index in [9.17, 15) is 19.2 Å². The zero-order valence-corrected chi connectivity index (χ0v) is 22.0. The highest BCUT2D eigenvalue weighted by Crippen LogP contribution is 2.29. The second kappa shape index (κ2) is 13.9. The van der Waals surface area contributed by atoms with E-state index in [1.165, 1.54) is 9.91 Å². The third-order valence-electron chi connectivity index (χ3n) is 6.20. The molecule has 2 fully saturated rings. The fraction of sp³-hybridized carbons (Fsp3) is 0.480. The topological polar surface area (TPSA) is 143 Å². The average molecular weight is 550 g/mol. The molecule has 206 valence electrons. The SMILES string of the molecule is CN1CCN(CCCCN2C(=O)CN(/N=C3\CCOc4cc(Cl)ccc43)C2=O)CC1.O=C(O)/C=C/C(=O)O. The van der Waals surface area contributed by atoms with Gasteiger partial charge in [0.15, 0.2) is 0 Å². The van der Waals surface area contributed by atoms with Crippen LogP contribution in [-0.2, 0) is 14.4 Å². The second-order valence-electron chi connectivity index (χ2n) is 9.03. The molecule has 2 saturated heterocycles. The molecule has 13 heteroatoms. The van der Waals surface area contributed by atoms with E-state index in [1.54, 1.807) is 12.1 Å². The van der Waals surface area contributed by atoms with Gasteiger partial charge in [-0.15, -0.1) is 0 Å². The number of likely N-dealkylation sites (N-methyl/N-ethyl adjacent to an activating group) is 1. The number of nitrogens with zero attached hydrogens (tertiary/aromatic N) is 5. The van der Waals surface area contributed by atoms with Crippen LogP contribution in [0.3, 0.4) is 0 Å². The van der Waals surface area contributed by atoms with Gasteiger partial charge in [0.25, 0.3) is 5.91 Å². The maximum absolute atomic E-state index is 12.7. The summed E-state index contributed by atoms with van der Waals surface area (Å²) >= 11 is 6.03. The second-order valence-corrected chi connectivity index (χ2v) is 9.47. The van der Waals surface area contributed by atoms with Crippen molar-refractivity contribution in [3.63, 3.8) is 0 Å². The number of fused-ring (bicyclic) bond motifs is 1. The molecule has 3 amide bonds. The molecule has 0 radical (unpaired) electrons. The average Bonchev–Trinajstić information content (AvgIpc) is 3.14. The molecule has 3 aliphatic rings. The molecular formula is C25H32ClN5O7. The summed E-state index contributed by atoms with van der Waals surface area (Å²) < 4.78 is 5.64. The van der Waals surface area contributed by atoms with Gasteiger partial charge in [0.05, 0.1) is 12.3 Å². The molecule has 0 saturated carbocycles. The minimum absolute atomic E-state index is 0.00935. The van der Waals surface area contributed by atoms with Crippen LogP contribution < -0.4 is 4.74 Å². The van der Waals surface area contributed by atoms with Gasteiger partial charge in [-0.05, 0) is 44.6 Å². The van der Waals surface area contributed by atoms with E-state index < -0.39 is 11.9 Å². The normalized spacial score (nSPS) is 19.4. The largest absolute Gasteiger partial charge is 0.492 e. The number of imide groups is 1. The number of hydrogen-bond donors (Lipinski definition) is 2. The van der Waals surface area contributed by atoms with Crippen molar-refractivity contribution in [3.8, 4) is 5.75 Å². The first kappa shape index (κ1) is 29.1. The monoisotopic (exact) mass is 549 g/mol. The molecule has 1 aromatic carbocycles. The molecule has 0 unspecified atom stereocenters. The molecule has 4 rings (SSSR count). The predicted molar refractivity (Wildman–Crippen MR) is 139 cm³/mol. The maximum atomic E-state index is 12.7. The Morgan fingerprint density at radius 1 is 1.05 bits per heavy atom. The Kier molecular flexibility index (Phi) is 10.6. The summed E-state index contributed by atoms with van der Waals surface area (Å²) in [5.41, 5.74) is 1.56. The van der Waals surface area contributed by atoms with Gasteiger partial charge in [0.2, 0.25) is 0 Å². The number of aliphatic carboxylic acids is 2. The summed E-state index contributed by atoms with van der Waals surface area (Å²) in [6.45, 7) is 6.28. The Hall–Kier alpha value is -3.48. The number of rotatable bonds is 8. The highest BCUT2D eigenvalue weighted by atomic mass is 35.5. The lowest BCUT2D eigenvalue weighted by atomic mass is 10.0. The summed E-state index contributed by atoms with van der Waals surface area (Å²) in [6, 6.07) is 5.02. The van der Waals surface area contributed by atoms with Crippen LogP contribution in [0.15, 0.2) is 35.5 Å². The van der Waals surface area contributed by atoms with Crippen molar-refractivity contribution >= 4 is 41.2 Å². The number of amides is 3.